The van der Waals surface area contributed by atoms with Crippen molar-refractivity contribution in [3.8, 4) is 0 Å². The lowest BCUT2D eigenvalue weighted by atomic mass is 9.56. The number of aromatic nitrogens is 1. The molecule has 2 fully saturated rings. The molecule has 27 heavy (non-hydrogen) atoms. The van der Waals surface area contributed by atoms with Crippen molar-refractivity contribution in [3.63, 3.8) is 0 Å². The zero-order valence-corrected chi connectivity index (χ0v) is 16.3. The van der Waals surface area contributed by atoms with E-state index in [4.69, 9.17) is 16.1 Å². The fraction of sp³-hybridized carbons (Fsp3) is 0.500. The highest BCUT2D eigenvalue weighted by molar-refractivity contribution is 6.30. The van der Waals surface area contributed by atoms with Crippen LogP contribution in [0.25, 0.3) is 0 Å². The van der Waals surface area contributed by atoms with Crippen LogP contribution in [0.15, 0.2) is 22.7 Å². The average Bonchev–Trinajstić information content (AvgIpc) is 2.94. The van der Waals surface area contributed by atoms with Gasteiger partial charge in [0.05, 0.1) is 10.7 Å². The number of carbonyl (C=O) groups excluding carboxylic acids is 1. The number of likely N-dealkylation sites (tertiary alicyclic amines) is 1. The van der Waals surface area contributed by atoms with Gasteiger partial charge in [-0.2, -0.15) is 0 Å². The molecule has 1 saturated carbocycles. The molecular weight excluding hydrogens is 369 g/mol. The normalized spacial score (nSPS) is 19.2. The molecule has 1 N–H and O–H groups in total. The van der Waals surface area contributed by atoms with Gasteiger partial charge in [-0.05, 0) is 68.6 Å². The van der Waals surface area contributed by atoms with Crippen molar-refractivity contribution in [2.24, 2.45) is 5.41 Å². The molecular formula is C20H23ClFN3O2. The summed E-state index contributed by atoms with van der Waals surface area (Å²) < 4.78 is 18.8. The minimum absolute atomic E-state index is 0.139. The second-order valence-electron chi connectivity index (χ2n) is 7.92. The molecule has 1 aliphatic carbocycles. The van der Waals surface area contributed by atoms with Crippen molar-refractivity contribution in [1.82, 2.24) is 10.1 Å². The Morgan fingerprint density at radius 3 is 2.63 bits per heavy atom. The molecule has 2 amide bonds. The van der Waals surface area contributed by atoms with E-state index in [2.05, 4.69) is 10.5 Å². The van der Waals surface area contributed by atoms with Crippen LogP contribution in [0, 0.1) is 25.1 Å². The second kappa shape index (κ2) is 6.82. The SMILES string of the molecule is Cc1noc(NC(=O)N2CCC3(CC2)CC(c2ccc(Cl)c(F)c2)C3)c1C. The van der Waals surface area contributed by atoms with E-state index in [9.17, 15) is 9.18 Å². The van der Waals surface area contributed by atoms with Gasteiger partial charge in [0.15, 0.2) is 0 Å². The molecule has 2 aliphatic rings. The van der Waals surface area contributed by atoms with E-state index in [0.29, 0.717) is 11.8 Å². The molecule has 1 aromatic heterocycles. The van der Waals surface area contributed by atoms with Crippen molar-refractivity contribution >= 4 is 23.5 Å². The summed E-state index contributed by atoms with van der Waals surface area (Å²) in [6.07, 6.45) is 4.04. The van der Waals surface area contributed by atoms with Crippen LogP contribution in [0.3, 0.4) is 0 Å². The summed E-state index contributed by atoms with van der Waals surface area (Å²) in [5.74, 6) is 0.461. The zero-order valence-electron chi connectivity index (χ0n) is 15.5. The van der Waals surface area contributed by atoms with Crippen LogP contribution in [0.1, 0.15) is 48.4 Å². The van der Waals surface area contributed by atoms with Gasteiger partial charge < -0.3 is 9.42 Å². The van der Waals surface area contributed by atoms with Crippen LogP contribution in [0.4, 0.5) is 15.1 Å². The number of hydrogen-bond acceptors (Lipinski definition) is 3. The van der Waals surface area contributed by atoms with Crippen LogP contribution < -0.4 is 5.32 Å². The maximum atomic E-state index is 13.7. The Morgan fingerprint density at radius 2 is 2.04 bits per heavy atom. The summed E-state index contributed by atoms with van der Waals surface area (Å²) in [5, 5.41) is 6.85. The molecule has 1 spiro atoms. The molecule has 4 rings (SSSR count). The van der Waals surface area contributed by atoms with Gasteiger partial charge in [-0.25, -0.2) is 9.18 Å². The number of amides is 2. The lowest BCUT2D eigenvalue weighted by Gasteiger charge is -2.52. The van der Waals surface area contributed by atoms with Crippen LogP contribution >= 0.6 is 11.6 Å². The molecule has 0 bridgehead atoms. The predicted octanol–water partition coefficient (Wildman–Crippen LogP) is 5.28. The van der Waals surface area contributed by atoms with E-state index in [0.717, 1.165) is 55.6 Å². The number of nitrogens with zero attached hydrogens (tertiary/aromatic N) is 2. The molecule has 1 aliphatic heterocycles. The van der Waals surface area contributed by atoms with Crippen molar-refractivity contribution < 1.29 is 13.7 Å². The maximum Gasteiger partial charge on any atom is 0.324 e. The third-order valence-corrected chi connectivity index (χ3v) is 6.57. The average molecular weight is 392 g/mol. The van der Waals surface area contributed by atoms with Gasteiger partial charge in [-0.15, -0.1) is 0 Å². The van der Waals surface area contributed by atoms with E-state index < -0.39 is 0 Å². The number of rotatable bonds is 2. The Labute approximate surface area is 162 Å². The highest BCUT2D eigenvalue weighted by atomic mass is 35.5. The van der Waals surface area contributed by atoms with E-state index in [1.165, 1.54) is 0 Å². The fourth-order valence-corrected chi connectivity index (χ4v) is 4.41. The Morgan fingerprint density at radius 1 is 1.33 bits per heavy atom. The first-order valence-corrected chi connectivity index (χ1v) is 9.68. The number of anilines is 1. The van der Waals surface area contributed by atoms with E-state index >= 15 is 0 Å². The Bertz CT molecular complexity index is 866. The first kappa shape index (κ1) is 18.3. The first-order chi connectivity index (χ1) is 12.9. The molecule has 0 atom stereocenters. The molecule has 0 radical (unpaired) electrons. The smallest absolute Gasteiger partial charge is 0.324 e. The highest BCUT2D eigenvalue weighted by Gasteiger charge is 2.46. The summed E-state index contributed by atoms with van der Waals surface area (Å²) in [5.41, 5.74) is 2.94. The van der Waals surface area contributed by atoms with E-state index in [1.54, 1.807) is 12.1 Å². The largest absolute Gasteiger partial charge is 0.338 e. The number of nitrogens with one attached hydrogen (secondary N) is 1. The number of benzene rings is 1. The van der Waals surface area contributed by atoms with Gasteiger partial charge in [-0.3, -0.25) is 5.32 Å². The van der Waals surface area contributed by atoms with Crippen LogP contribution in [0.2, 0.25) is 5.02 Å². The Hall–Kier alpha value is -2.08. The predicted molar refractivity (Wildman–Crippen MR) is 102 cm³/mol. The third kappa shape index (κ3) is 3.43. The van der Waals surface area contributed by atoms with Gasteiger partial charge in [0.25, 0.3) is 0 Å². The van der Waals surface area contributed by atoms with Crippen LogP contribution in [0.5, 0.6) is 0 Å². The van der Waals surface area contributed by atoms with Gasteiger partial charge in [-0.1, -0.05) is 22.8 Å². The topological polar surface area (TPSA) is 58.4 Å². The lowest BCUT2D eigenvalue weighted by molar-refractivity contribution is 0.0289. The Kier molecular flexibility index (Phi) is 4.62. The first-order valence-electron chi connectivity index (χ1n) is 9.31. The fourth-order valence-electron chi connectivity index (χ4n) is 4.29. The summed E-state index contributed by atoms with van der Waals surface area (Å²) in [4.78, 5) is 14.3. The molecule has 1 aromatic carbocycles. The van der Waals surface area contributed by atoms with Crippen molar-refractivity contribution in [2.45, 2.75) is 45.4 Å². The molecule has 1 saturated heterocycles. The van der Waals surface area contributed by atoms with E-state index in [1.807, 2.05) is 24.8 Å². The van der Waals surface area contributed by atoms with Gasteiger partial charge in [0.1, 0.15) is 5.82 Å². The molecule has 5 nitrogen and oxygen atoms in total. The Balaban J connectivity index is 1.31. The van der Waals surface area contributed by atoms with Gasteiger partial charge in [0.2, 0.25) is 5.88 Å². The minimum Gasteiger partial charge on any atom is -0.338 e. The van der Waals surface area contributed by atoms with Crippen molar-refractivity contribution in [2.75, 3.05) is 18.4 Å². The second-order valence-corrected chi connectivity index (χ2v) is 8.33. The van der Waals surface area contributed by atoms with E-state index in [-0.39, 0.29) is 22.3 Å². The van der Waals surface area contributed by atoms with Crippen molar-refractivity contribution in [1.29, 1.82) is 0 Å². The molecule has 0 unspecified atom stereocenters. The van der Waals surface area contributed by atoms with Crippen LogP contribution in [-0.4, -0.2) is 29.2 Å². The summed E-state index contributed by atoms with van der Waals surface area (Å²) in [6, 6.07) is 4.98. The monoisotopic (exact) mass is 391 g/mol. The number of piperidine rings is 1. The minimum atomic E-state index is -0.348. The molecule has 2 aromatic rings. The zero-order chi connectivity index (χ0) is 19.2. The number of carbonyl (C=O) groups is 1. The van der Waals surface area contributed by atoms with Crippen molar-refractivity contribution in [3.05, 3.63) is 45.9 Å². The number of hydrogen-bond donors (Lipinski definition) is 1. The number of halogens is 2. The lowest BCUT2D eigenvalue weighted by Crippen LogP contribution is -2.49. The number of urea groups is 1. The highest BCUT2D eigenvalue weighted by Crippen LogP contribution is 2.56. The summed E-state index contributed by atoms with van der Waals surface area (Å²) >= 11 is 5.77. The summed E-state index contributed by atoms with van der Waals surface area (Å²) in [7, 11) is 0. The van der Waals surface area contributed by atoms with Gasteiger partial charge >= 0.3 is 6.03 Å². The molecule has 2 heterocycles. The number of aryl methyl sites for hydroxylation is 1. The van der Waals surface area contributed by atoms with Crippen LogP contribution in [-0.2, 0) is 0 Å². The standard InChI is InChI=1S/C20H23ClFN3O2/c1-12-13(2)24-27-18(12)23-19(26)25-7-5-20(6-8-25)10-15(11-20)14-3-4-16(21)17(22)9-14/h3-4,9,15H,5-8,10-11H2,1-2H3,(H,23,26). The maximum absolute atomic E-state index is 13.7. The third-order valence-electron chi connectivity index (χ3n) is 6.26. The van der Waals surface area contributed by atoms with Gasteiger partial charge in [0, 0.05) is 18.7 Å². The molecule has 144 valence electrons. The summed E-state index contributed by atoms with van der Waals surface area (Å²) in [6.45, 7) is 5.17. The quantitative estimate of drug-likeness (QED) is 0.758. The molecule has 7 heteroatoms.